The van der Waals surface area contributed by atoms with Crippen LogP contribution in [-0.2, 0) is 9.59 Å². The van der Waals surface area contributed by atoms with E-state index in [0.29, 0.717) is 39.9 Å². The third kappa shape index (κ3) is 3.75. The maximum atomic E-state index is 13.4. The standard InChI is InChI=1S/C23H23ClN2O3/c1-2-29-19-12-10-18(11-13-19)26-22(27)20(16-6-8-17(24)9-7-16)21(23(26)28)25-14-4-3-5-15-25/h6-13H,2-5,14-15H2,1H3. The molecule has 2 amide bonds. The minimum Gasteiger partial charge on any atom is -0.494 e. The average molecular weight is 411 g/mol. The van der Waals surface area contributed by atoms with Crippen LogP contribution in [0.5, 0.6) is 5.75 Å². The van der Waals surface area contributed by atoms with E-state index in [1.807, 2.05) is 6.92 Å². The molecule has 0 atom stereocenters. The highest BCUT2D eigenvalue weighted by Gasteiger charge is 2.42. The number of rotatable bonds is 5. The number of amides is 2. The number of carbonyl (C=O) groups is 2. The predicted octanol–water partition coefficient (Wildman–Crippen LogP) is 4.51. The molecule has 2 aromatic rings. The third-order valence-electron chi connectivity index (χ3n) is 5.27. The number of ether oxygens (including phenoxy) is 1. The molecule has 2 aliphatic heterocycles. The molecule has 0 spiro atoms. The predicted molar refractivity (Wildman–Crippen MR) is 114 cm³/mol. The molecule has 29 heavy (non-hydrogen) atoms. The lowest BCUT2D eigenvalue weighted by atomic mass is 10.0. The Morgan fingerprint density at radius 2 is 1.55 bits per heavy atom. The molecule has 0 aromatic heterocycles. The van der Waals surface area contributed by atoms with Crippen molar-refractivity contribution in [3.63, 3.8) is 0 Å². The second-order valence-electron chi connectivity index (χ2n) is 7.15. The van der Waals surface area contributed by atoms with Crippen molar-refractivity contribution in [1.82, 2.24) is 4.90 Å². The molecule has 0 aliphatic carbocycles. The first kappa shape index (κ1) is 19.5. The molecule has 2 aliphatic rings. The molecule has 1 fully saturated rings. The fourth-order valence-electron chi connectivity index (χ4n) is 3.90. The average Bonchev–Trinajstić information content (AvgIpc) is 3.00. The molecule has 5 nitrogen and oxygen atoms in total. The van der Waals surface area contributed by atoms with E-state index in [1.54, 1.807) is 48.5 Å². The van der Waals surface area contributed by atoms with E-state index in [-0.39, 0.29) is 11.8 Å². The summed E-state index contributed by atoms with van der Waals surface area (Å²) in [5.74, 6) is 0.130. The Morgan fingerprint density at radius 3 is 2.17 bits per heavy atom. The van der Waals surface area contributed by atoms with Gasteiger partial charge in [0.15, 0.2) is 0 Å². The Bertz CT molecular complexity index is 945. The maximum absolute atomic E-state index is 13.4. The van der Waals surface area contributed by atoms with Gasteiger partial charge in [-0.25, -0.2) is 4.90 Å². The first-order valence-corrected chi connectivity index (χ1v) is 10.3. The van der Waals surface area contributed by atoms with Gasteiger partial charge in [0.1, 0.15) is 11.4 Å². The molecular formula is C23H23ClN2O3. The molecule has 1 saturated heterocycles. The molecule has 4 rings (SSSR count). The van der Waals surface area contributed by atoms with Crippen molar-refractivity contribution >= 4 is 34.7 Å². The van der Waals surface area contributed by atoms with Crippen LogP contribution >= 0.6 is 11.6 Å². The van der Waals surface area contributed by atoms with Gasteiger partial charge in [-0.3, -0.25) is 9.59 Å². The summed E-state index contributed by atoms with van der Waals surface area (Å²) in [6.07, 6.45) is 3.18. The lowest BCUT2D eigenvalue weighted by molar-refractivity contribution is -0.120. The number of nitrogens with zero attached hydrogens (tertiary/aromatic N) is 2. The molecular weight excluding hydrogens is 388 g/mol. The molecule has 6 heteroatoms. The van der Waals surface area contributed by atoms with E-state index >= 15 is 0 Å². The third-order valence-corrected chi connectivity index (χ3v) is 5.52. The Kier molecular flexibility index (Phi) is 5.58. The van der Waals surface area contributed by atoms with E-state index in [2.05, 4.69) is 4.90 Å². The van der Waals surface area contributed by atoms with E-state index in [4.69, 9.17) is 16.3 Å². The largest absolute Gasteiger partial charge is 0.494 e. The number of hydrogen-bond donors (Lipinski definition) is 0. The molecule has 0 bridgehead atoms. The molecule has 0 unspecified atom stereocenters. The van der Waals surface area contributed by atoms with Crippen molar-refractivity contribution in [2.75, 3.05) is 24.6 Å². The number of anilines is 1. The van der Waals surface area contributed by atoms with Crippen molar-refractivity contribution in [2.24, 2.45) is 0 Å². The van der Waals surface area contributed by atoms with Crippen molar-refractivity contribution in [2.45, 2.75) is 26.2 Å². The van der Waals surface area contributed by atoms with Gasteiger partial charge in [-0.15, -0.1) is 0 Å². The number of halogens is 1. The van der Waals surface area contributed by atoms with E-state index < -0.39 is 0 Å². The lowest BCUT2D eigenvalue weighted by Gasteiger charge is -2.29. The fourth-order valence-corrected chi connectivity index (χ4v) is 4.02. The normalized spacial score (nSPS) is 17.3. The van der Waals surface area contributed by atoms with Gasteiger partial charge in [-0.1, -0.05) is 23.7 Å². The lowest BCUT2D eigenvalue weighted by Crippen LogP contribution is -2.37. The molecule has 0 N–H and O–H groups in total. The topological polar surface area (TPSA) is 49.9 Å². The molecule has 0 saturated carbocycles. The zero-order chi connectivity index (χ0) is 20.4. The SMILES string of the molecule is CCOc1ccc(N2C(=O)C(c3ccc(Cl)cc3)=C(N3CCCCC3)C2=O)cc1. The minimum atomic E-state index is -0.304. The Balaban J connectivity index is 1.75. The number of benzene rings is 2. The number of piperidine rings is 1. The van der Waals surface area contributed by atoms with Crippen LogP contribution in [0.4, 0.5) is 5.69 Å². The summed E-state index contributed by atoms with van der Waals surface area (Å²) in [6.45, 7) is 4.03. The van der Waals surface area contributed by atoms with Gasteiger partial charge >= 0.3 is 0 Å². The second kappa shape index (κ2) is 8.29. The summed E-state index contributed by atoms with van der Waals surface area (Å²) in [7, 11) is 0. The molecule has 2 heterocycles. The summed E-state index contributed by atoms with van der Waals surface area (Å²) in [5, 5.41) is 0.592. The number of imide groups is 1. The monoisotopic (exact) mass is 410 g/mol. The van der Waals surface area contributed by atoms with Crippen molar-refractivity contribution in [3.05, 3.63) is 64.8 Å². The van der Waals surface area contributed by atoms with Crippen LogP contribution in [0.3, 0.4) is 0 Å². The summed E-state index contributed by atoms with van der Waals surface area (Å²) >= 11 is 6.03. The summed E-state index contributed by atoms with van der Waals surface area (Å²) in [4.78, 5) is 30.2. The van der Waals surface area contributed by atoms with Gasteiger partial charge in [0.25, 0.3) is 11.8 Å². The summed E-state index contributed by atoms with van der Waals surface area (Å²) < 4.78 is 5.48. The van der Waals surface area contributed by atoms with Gasteiger partial charge in [0, 0.05) is 18.1 Å². The van der Waals surface area contributed by atoms with Crippen LogP contribution in [0.1, 0.15) is 31.7 Å². The second-order valence-corrected chi connectivity index (χ2v) is 7.59. The van der Waals surface area contributed by atoms with E-state index in [0.717, 1.165) is 32.4 Å². The fraction of sp³-hybridized carbons (Fsp3) is 0.304. The van der Waals surface area contributed by atoms with Crippen LogP contribution < -0.4 is 9.64 Å². The van der Waals surface area contributed by atoms with Gasteiger partial charge in [-0.05, 0) is 68.1 Å². The van der Waals surface area contributed by atoms with Gasteiger partial charge < -0.3 is 9.64 Å². The first-order chi connectivity index (χ1) is 14.1. The molecule has 0 radical (unpaired) electrons. The summed E-state index contributed by atoms with van der Waals surface area (Å²) in [5.41, 5.74) is 2.19. The Morgan fingerprint density at radius 1 is 0.897 bits per heavy atom. The van der Waals surface area contributed by atoms with Crippen molar-refractivity contribution < 1.29 is 14.3 Å². The summed E-state index contributed by atoms with van der Waals surface area (Å²) in [6, 6.07) is 14.1. The van der Waals surface area contributed by atoms with Crippen LogP contribution in [0.15, 0.2) is 54.2 Å². The van der Waals surface area contributed by atoms with Gasteiger partial charge in [-0.2, -0.15) is 0 Å². The van der Waals surface area contributed by atoms with Crippen LogP contribution in [0, 0.1) is 0 Å². The Hall–Kier alpha value is -2.79. The zero-order valence-corrected chi connectivity index (χ0v) is 17.1. The maximum Gasteiger partial charge on any atom is 0.282 e. The van der Waals surface area contributed by atoms with Gasteiger partial charge in [0.2, 0.25) is 0 Å². The van der Waals surface area contributed by atoms with Crippen molar-refractivity contribution in [1.29, 1.82) is 0 Å². The van der Waals surface area contributed by atoms with E-state index in [9.17, 15) is 9.59 Å². The first-order valence-electron chi connectivity index (χ1n) is 9.97. The van der Waals surface area contributed by atoms with E-state index in [1.165, 1.54) is 4.90 Å². The number of carbonyl (C=O) groups excluding carboxylic acids is 2. The smallest absolute Gasteiger partial charge is 0.282 e. The zero-order valence-electron chi connectivity index (χ0n) is 16.4. The van der Waals surface area contributed by atoms with Crippen LogP contribution in [-0.4, -0.2) is 36.4 Å². The van der Waals surface area contributed by atoms with Crippen LogP contribution in [0.2, 0.25) is 5.02 Å². The minimum absolute atomic E-state index is 0.272. The number of likely N-dealkylation sites (tertiary alicyclic amines) is 1. The highest BCUT2D eigenvalue weighted by atomic mass is 35.5. The van der Waals surface area contributed by atoms with Crippen molar-refractivity contribution in [3.8, 4) is 5.75 Å². The quantitative estimate of drug-likeness (QED) is 0.680. The molecule has 150 valence electrons. The van der Waals surface area contributed by atoms with Crippen LogP contribution in [0.25, 0.3) is 5.57 Å². The van der Waals surface area contributed by atoms with Gasteiger partial charge in [0.05, 0.1) is 17.9 Å². The Labute approximate surface area is 175 Å². The highest BCUT2D eigenvalue weighted by molar-refractivity contribution is 6.45. The highest BCUT2D eigenvalue weighted by Crippen LogP contribution is 2.36. The molecule has 2 aromatic carbocycles. The number of hydrogen-bond acceptors (Lipinski definition) is 4.